The Balaban J connectivity index is 1.67. The molecular formula is C99H150N10O36. The third-order valence-electron chi connectivity index (χ3n) is 24.1. The number of aromatic carboxylic acids is 2. The quantitative estimate of drug-likeness (QED) is 0.0402. The molecule has 0 saturated heterocycles. The second kappa shape index (κ2) is 75.5. The van der Waals surface area contributed by atoms with Gasteiger partial charge >= 0.3 is 23.9 Å². The molecule has 0 aromatic heterocycles. The number of Topliss-reactive ketones (excluding diaryl/α,β-unsaturated/α-hetero) is 9. The molecule has 0 bridgehead atoms. The number of carbonyl (C=O) groups excluding carboxylic acids is 18. The molecule has 0 aliphatic carbocycles. The Morgan fingerprint density at radius 3 is 1.13 bits per heavy atom. The van der Waals surface area contributed by atoms with E-state index in [-0.39, 0.29) is 85.9 Å². The standard InChI is InChI=1S/C99H150N10O36/c1-3-63(23-19-20-44-100-91(131)53-103-93(133)69(56-112)50-85(125)80(60-116)106-90(130)43-40-83(123)78(58-114)109-95(135)81(61-117)107-89(129)42-38-76(99(142)143)104-87(127)27-18-11-7-5-9-13-22-46-145-74-36-30-65(31-37-74)97(138)139)86(126)52-101-75(62(2)118)26-17-14-16-24-70(119)33-39-82(122)77(57-113)108-94(134)67(54-110)48-72(121)51-102-92(132)68(55-111)49-84(124)79(59-115)105-88(128)41-32-66(98(140)141)47-71(120)25-15-10-6-4-8-12-21-45-144-73-34-28-64(29-35-73)96(136)137/h28-31,34-37,63,66-69,75-81,101,110-117H,3-27,32-33,38-61H2,1-2H3,(H,100,131)(H,102,132)(H,103,133)(H,104,127)(H,105,128)(H,106,130)(H,107,129)(H,108,134)(H,109,135)(H,136,137)(H,138,139)(H,140,141)(H,142,143)/t63-,66+,67-,68-,69-,75-,76-,77-,78-,79-,80-,81-/m0/s1. The van der Waals surface area contributed by atoms with Gasteiger partial charge in [-0.2, -0.15) is 0 Å². The number of aliphatic hydroxyl groups is 8. The maximum atomic E-state index is 13.3. The first-order chi connectivity index (χ1) is 69.2. The van der Waals surface area contributed by atoms with E-state index in [0.29, 0.717) is 95.3 Å². The Kier molecular flexibility index (Phi) is 67.1. The summed E-state index contributed by atoms with van der Waals surface area (Å²) in [5.74, 6) is -23.2. The number of carbonyl (C=O) groups is 22. The van der Waals surface area contributed by atoms with Crippen molar-refractivity contribution in [2.24, 2.45) is 29.6 Å². The summed E-state index contributed by atoms with van der Waals surface area (Å²) in [5, 5.41) is 141. The number of unbranched alkanes of at least 4 members (excludes halogenated alkanes) is 15. The van der Waals surface area contributed by atoms with Crippen molar-refractivity contribution in [2.45, 2.75) is 294 Å². The molecule has 0 spiro atoms. The molecule has 812 valence electrons. The van der Waals surface area contributed by atoms with Crippen molar-refractivity contribution in [3.63, 3.8) is 0 Å². The minimum atomic E-state index is -1.71. The first-order valence-electron chi connectivity index (χ1n) is 49.5. The lowest BCUT2D eigenvalue weighted by Crippen LogP contribution is -2.54. The Hall–Kier alpha value is -12.2. The van der Waals surface area contributed by atoms with Crippen LogP contribution in [0.1, 0.15) is 272 Å². The third kappa shape index (κ3) is 56.2. The largest absolute Gasteiger partial charge is 0.494 e. The molecule has 0 unspecified atom stereocenters. The molecule has 0 radical (unpaired) electrons. The van der Waals surface area contributed by atoms with Gasteiger partial charge in [-0.1, -0.05) is 90.4 Å². The lowest BCUT2D eigenvalue weighted by molar-refractivity contribution is -0.144. The predicted octanol–water partition coefficient (Wildman–Crippen LogP) is 0.540. The first-order valence-corrected chi connectivity index (χ1v) is 49.5. The Morgan fingerprint density at radius 1 is 0.276 bits per heavy atom. The molecule has 0 fully saturated rings. The lowest BCUT2D eigenvalue weighted by Gasteiger charge is -2.21. The molecule has 2 rings (SSSR count). The highest BCUT2D eigenvalue weighted by Crippen LogP contribution is 2.22. The van der Waals surface area contributed by atoms with Crippen molar-refractivity contribution >= 4 is 129 Å². The highest BCUT2D eigenvalue weighted by Gasteiger charge is 2.35. The van der Waals surface area contributed by atoms with Crippen LogP contribution in [0.3, 0.4) is 0 Å². The van der Waals surface area contributed by atoms with Gasteiger partial charge in [0.15, 0.2) is 28.9 Å². The Bertz CT molecular complexity index is 4460. The molecule has 22 N–H and O–H groups in total. The number of amides is 9. The number of ketones is 9. The van der Waals surface area contributed by atoms with Crippen LogP contribution < -0.4 is 62.6 Å². The van der Waals surface area contributed by atoms with E-state index in [9.17, 15) is 157 Å². The van der Waals surface area contributed by atoms with Gasteiger partial charge in [-0.05, 0) is 126 Å². The van der Waals surface area contributed by atoms with Crippen molar-refractivity contribution in [3.05, 3.63) is 59.7 Å². The number of hydrogen-bond donors (Lipinski definition) is 22. The highest BCUT2D eigenvalue weighted by atomic mass is 16.5. The molecule has 46 nitrogen and oxygen atoms in total. The fourth-order valence-electron chi connectivity index (χ4n) is 15.1. The zero-order valence-corrected chi connectivity index (χ0v) is 82.8. The van der Waals surface area contributed by atoms with E-state index in [1.54, 1.807) is 24.3 Å². The van der Waals surface area contributed by atoms with Gasteiger partial charge in [-0.15, -0.1) is 0 Å². The molecule has 46 heteroatoms. The van der Waals surface area contributed by atoms with Crippen LogP contribution in [0.25, 0.3) is 0 Å². The minimum absolute atomic E-state index is 0.0219. The zero-order chi connectivity index (χ0) is 108. The summed E-state index contributed by atoms with van der Waals surface area (Å²) in [6.45, 7) is -4.91. The molecule has 2 aromatic carbocycles. The molecule has 0 aliphatic rings. The van der Waals surface area contributed by atoms with E-state index in [2.05, 4.69) is 53.2 Å². The van der Waals surface area contributed by atoms with Crippen LogP contribution in [0, 0.1) is 29.6 Å². The van der Waals surface area contributed by atoms with Crippen molar-refractivity contribution in [1.29, 1.82) is 0 Å². The first kappa shape index (κ1) is 129. The van der Waals surface area contributed by atoms with Crippen molar-refractivity contribution < 1.29 is 176 Å². The zero-order valence-electron chi connectivity index (χ0n) is 82.8. The average Bonchev–Trinajstić information content (AvgIpc) is 0.864. The van der Waals surface area contributed by atoms with Crippen LogP contribution in [0.5, 0.6) is 11.5 Å². The summed E-state index contributed by atoms with van der Waals surface area (Å²) in [4.78, 5) is 279. The molecule has 0 aliphatic heterocycles. The van der Waals surface area contributed by atoms with Gasteiger partial charge in [0, 0.05) is 95.9 Å². The van der Waals surface area contributed by atoms with E-state index in [1.807, 2.05) is 6.92 Å². The second-order valence-corrected chi connectivity index (χ2v) is 35.7. The number of benzene rings is 2. The summed E-state index contributed by atoms with van der Waals surface area (Å²) in [6.07, 6.45) is 8.59. The SMILES string of the molecule is CC[C@@H](CCCCNC(=O)CNC(=O)[C@H](CO)CC(=O)[C@H](CO)NC(=O)CCC(=O)[C@H](CO)NC(=O)[C@H](CO)NC(=O)CC[C@H](NC(=O)CCCCCCCCCOc1ccc(C(=O)O)cc1)C(=O)O)C(=O)CN[C@@H](CCCCCC(=O)CCC(=O)[C@H](CO)NC(=O)[C@H](CO)CC(=O)CNC(=O)[C@H](CO)CC(=O)[C@H](CO)NC(=O)CC[C@H](CC(=O)CCCCCCCCCOc1ccc(C(=O)O)cc1)C(=O)O)C(C)=O. The Morgan fingerprint density at radius 2 is 0.669 bits per heavy atom. The molecular weight excluding hydrogens is 1910 g/mol. The van der Waals surface area contributed by atoms with E-state index in [1.165, 1.54) is 31.2 Å². The topological polar surface area (TPSA) is 757 Å². The van der Waals surface area contributed by atoms with Gasteiger partial charge in [0.25, 0.3) is 0 Å². The van der Waals surface area contributed by atoms with Crippen molar-refractivity contribution in [1.82, 2.24) is 53.2 Å². The number of carboxylic acid groups (broad SMARTS) is 4. The van der Waals surface area contributed by atoms with Crippen LogP contribution >= 0.6 is 0 Å². The van der Waals surface area contributed by atoms with Crippen molar-refractivity contribution in [3.8, 4) is 11.5 Å². The molecule has 9 amide bonds. The van der Waals surface area contributed by atoms with Crippen LogP contribution in [-0.2, 0) is 95.9 Å². The normalized spacial score (nSPS) is 13.6. The number of aliphatic carboxylic acids is 2. The average molecular weight is 2060 g/mol. The fourth-order valence-corrected chi connectivity index (χ4v) is 15.1. The molecule has 145 heavy (non-hydrogen) atoms. The summed E-state index contributed by atoms with van der Waals surface area (Å²) < 4.78 is 11.3. The monoisotopic (exact) mass is 2060 g/mol. The minimum Gasteiger partial charge on any atom is -0.494 e. The van der Waals surface area contributed by atoms with Crippen LogP contribution in [0.4, 0.5) is 0 Å². The lowest BCUT2D eigenvalue weighted by atomic mass is 9.94. The molecule has 2 aromatic rings. The number of rotatable bonds is 89. The number of ether oxygens (including phenoxy) is 2. The van der Waals surface area contributed by atoms with Crippen molar-refractivity contribution in [2.75, 3.05) is 92.2 Å². The predicted molar refractivity (Wildman–Crippen MR) is 517 cm³/mol. The molecule has 0 saturated carbocycles. The number of aliphatic hydroxyl groups excluding tert-OH is 8. The fraction of sp³-hybridized carbons (Fsp3) is 0.657. The number of hydrogen-bond acceptors (Lipinski definition) is 33. The van der Waals surface area contributed by atoms with Crippen LogP contribution in [0.2, 0.25) is 0 Å². The van der Waals surface area contributed by atoms with Crippen LogP contribution in [0.15, 0.2) is 48.5 Å². The van der Waals surface area contributed by atoms with Gasteiger partial charge in [0.2, 0.25) is 53.2 Å². The van der Waals surface area contributed by atoms with E-state index >= 15 is 0 Å². The number of nitrogens with one attached hydrogen (secondary N) is 10. The van der Waals surface area contributed by atoms with E-state index in [4.69, 9.17) is 19.7 Å². The third-order valence-corrected chi connectivity index (χ3v) is 24.1. The maximum absolute atomic E-state index is 13.3. The smallest absolute Gasteiger partial charge is 0.335 e. The summed E-state index contributed by atoms with van der Waals surface area (Å²) in [7, 11) is 0. The maximum Gasteiger partial charge on any atom is 0.335 e. The summed E-state index contributed by atoms with van der Waals surface area (Å²) in [6, 6.07) is 1.87. The Labute approximate surface area is 841 Å². The van der Waals surface area contributed by atoms with Gasteiger partial charge in [-0.3, -0.25) is 91.1 Å². The second-order valence-electron chi connectivity index (χ2n) is 35.7. The summed E-state index contributed by atoms with van der Waals surface area (Å²) in [5.41, 5.74) is 0.320. The highest BCUT2D eigenvalue weighted by molar-refractivity contribution is 5.99. The van der Waals surface area contributed by atoms with Gasteiger partial charge in [0.05, 0.1) is 127 Å². The van der Waals surface area contributed by atoms with Gasteiger partial charge in [0.1, 0.15) is 70.9 Å². The van der Waals surface area contributed by atoms with Gasteiger partial charge < -0.3 is 124 Å². The summed E-state index contributed by atoms with van der Waals surface area (Å²) >= 11 is 0. The molecule has 12 atom stereocenters. The number of carboxylic acids is 4. The molecule has 0 heterocycles. The van der Waals surface area contributed by atoms with E-state index < -0.39 is 302 Å². The van der Waals surface area contributed by atoms with Gasteiger partial charge in [-0.25, -0.2) is 14.4 Å². The van der Waals surface area contributed by atoms with E-state index in [0.717, 1.165) is 70.6 Å². The van der Waals surface area contributed by atoms with Crippen LogP contribution in [-0.4, -0.2) is 325 Å².